The number of rotatable bonds is 15. The normalized spacial score (nSPS) is 13.4. The number of aryl methyl sites for hydroxylation is 3. The number of phenols is 3. The van der Waals surface area contributed by atoms with Crippen molar-refractivity contribution in [3.8, 4) is 86.3 Å². The summed E-state index contributed by atoms with van der Waals surface area (Å²) < 4.78 is 139. The lowest BCUT2D eigenvalue weighted by molar-refractivity contribution is -0.127. The molecule has 0 radical (unpaired) electrons. The van der Waals surface area contributed by atoms with E-state index in [1.165, 1.54) is 36.4 Å². The first kappa shape index (κ1) is 98.7. The number of phenolic OH excluding ortho intramolecular Hbond substituents is 3. The maximum Gasteiger partial charge on any atom is 0.276 e. The summed E-state index contributed by atoms with van der Waals surface area (Å²) >= 11 is 36.4. The fourth-order valence-corrected chi connectivity index (χ4v) is 17.7. The van der Waals surface area contributed by atoms with E-state index in [-0.39, 0.29) is 196 Å². The van der Waals surface area contributed by atoms with Crippen molar-refractivity contribution in [2.45, 2.75) is 80.1 Å². The van der Waals surface area contributed by atoms with Gasteiger partial charge in [-0.05, 0) is 110 Å². The second kappa shape index (κ2) is 39.4. The molecule has 3 aromatic carbocycles. The first-order valence-corrected chi connectivity index (χ1v) is 43.4. The molecule has 0 bridgehead atoms. The van der Waals surface area contributed by atoms with Gasteiger partial charge in [-0.2, -0.15) is 15.8 Å². The number of aromatic nitrogens is 9. The van der Waals surface area contributed by atoms with Crippen LogP contribution in [-0.4, -0.2) is 170 Å². The van der Waals surface area contributed by atoms with Gasteiger partial charge in [-0.25, -0.2) is 54.5 Å². The van der Waals surface area contributed by atoms with Crippen LogP contribution in [0.5, 0.6) is 17.2 Å². The molecule has 3 N–H and O–H groups in total. The third-order valence-electron chi connectivity index (χ3n) is 23.0. The lowest BCUT2D eigenvalue weighted by Gasteiger charge is -2.36. The number of hydrogen-bond acceptors (Lipinski definition) is 21. The molecular formula is C93H75Cl6F9N18O9. The number of aromatic hydroxyl groups is 3. The molecule has 3 aliphatic rings. The molecule has 3 amide bonds. The van der Waals surface area contributed by atoms with Crippen LogP contribution in [0.15, 0.2) is 107 Å². The fourth-order valence-electron chi connectivity index (χ4n) is 16.4. The van der Waals surface area contributed by atoms with E-state index in [9.17, 15) is 73.0 Å². The van der Waals surface area contributed by atoms with Gasteiger partial charge in [0, 0.05) is 113 Å². The zero-order valence-electron chi connectivity index (χ0n) is 72.8. The molecule has 0 saturated carbocycles. The number of halogens is 15. The maximum atomic E-state index is 15.3. The molecule has 12 aromatic rings. The Labute approximate surface area is 792 Å². The van der Waals surface area contributed by atoms with Crippen molar-refractivity contribution in [2.24, 2.45) is 0 Å². The standard InChI is InChI=1S/3C31H25Cl2F3N6O3/c3*1-5-19(43)40-8-10-41(11-9-40)28-16-12-18(32)26(20-22(34)24(36)21(33)29(44)23(20)35)39-30(16)42(31(45)17(28)13-37)27-15(4)6-7-38-25(27)14(2)3/h3*5-7,12,14,44H,1,8-11H2,2-4H3. The third-order valence-corrected chi connectivity index (χ3v) is 24.9. The van der Waals surface area contributed by atoms with Crippen molar-refractivity contribution in [3.05, 3.63) is 257 Å². The summed E-state index contributed by atoms with van der Waals surface area (Å²) in [5.41, 5.74) is -4.36. The van der Waals surface area contributed by atoms with E-state index in [2.05, 4.69) is 49.6 Å². The Hall–Kier alpha value is -13.8. The summed E-state index contributed by atoms with van der Waals surface area (Å²) in [5.74, 6) is -20.8. The van der Waals surface area contributed by atoms with Crippen molar-refractivity contribution >= 4 is 137 Å². The number of carbonyl (C=O) groups is 3. The summed E-state index contributed by atoms with van der Waals surface area (Å²) in [5, 5.41) is 57.2. The first-order chi connectivity index (χ1) is 64.0. The van der Waals surface area contributed by atoms with Crippen molar-refractivity contribution in [1.29, 1.82) is 15.8 Å². The largest absolute Gasteiger partial charge is 0.504 e. The Bertz CT molecular complexity index is 6650. The predicted octanol–water partition coefficient (Wildman–Crippen LogP) is 18.0. The van der Waals surface area contributed by atoms with Gasteiger partial charge in [-0.1, -0.05) is 131 Å². The van der Waals surface area contributed by atoms with E-state index < -0.39 is 135 Å². The monoisotopic (exact) mass is 1970 g/mol. The van der Waals surface area contributed by atoms with Gasteiger partial charge in [0.2, 0.25) is 17.7 Å². The van der Waals surface area contributed by atoms with Crippen LogP contribution in [0.25, 0.3) is 83.9 Å². The number of carbonyl (C=O) groups excluding carboxylic acids is 3. The Kier molecular flexibility index (Phi) is 28.8. The highest BCUT2D eigenvalue weighted by atomic mass is 35.5. The predicted molar refractivity (Wildman–Crippen MR) is 494 cm³/mol. The molecule has 135 heavy (non-hydrogen) atoms. The summed E-state index contributed by atoms with van der Waals surface area (Å²) in [6.07, 6.45) is 8.25. The topological polar surface area (TPSA) is 346 Å². The maximum absolute atomic E-state index is 15.3. The SMILES string of the molecule is C=CC(=O)N1CCN(c2c(C#N)c(=O)n(-c3c(C)ccnc3C(C)C)c3nc(-c4c(F)c(O)c(Cl)c(F)c4F)c(Cl)cc23)CC1.C=CC(=O)N1CCN(c2c(C#N)c(=O)n(-c3c(C)ccnc3C(C)C)c3nc(-c4c(F)c(O)c(Cl)c(F)c4F)c(Cl)cc23)CC1.C=CC(=O)N1CCN(c2c(C#N)c(=O)n(-c3c(C)ccnc3C(C)C)c3nc(-c4c(F)c(O)c(Cl)c(F)c4F)c(Cl)cc23)CC1. The van der Waals surface area contributed by atoms with E-state index in [4.69, 9.17) is 69.6 Å². The van der Waals surface area contributed by atoms with Crippen LogP contribution in [0, 0.1) is 107 Å². The van der Waals surface area contributed by atoms with Crippen LogP contribution in [0.4, 0.5) is 56.6 Å². The van der Waals surface area contributed by atoms with Crippen molar-refractivity contribution in [3.63, 3.8) is 0 Å². The number of pyridine rings is 9. The van der Waals surface area contributed by atoms with Crippen LogP contribution in [0.1, 0.15) is 110 Å². The molecule has 0 spiro atoms. The minimum Gasteiger partial charge on any atom is -0.504 e. The Morgan fingerprint density at radius 3 is 0.800 bits per heavy atom. The van der Waals surface area contributed by atoms with E-state index in [1.54, 1.807) is 87.0 Å². The van der Waals surface area contributed by atoms with Gasteiger partial charge in [0.15, 0.2) is 69.6 Å². The van der Waals surface area contributed by atoms with Gasteiger partial charge in [-0.15, -0.1) is 0 Å². The number of nitriles is 3. The number of fused-ring (bicyclic) bond motifs is 3. The molecule has 12 heterocycles. The molecule has 15 rings (SSSR count). The average Bonchev–Trinajstić information content (AvgIpc) is 0.728. The Morgan fingerprint density at radius 1 is 0.378 bits per heavy atom. The van der Waals surface area contributed by atoms with Crippen molar-refractivity contribution in [2.75, 3.05) is 93.2 Å². The van der Waals surface area contributed by atoms with E-state index >= 15 is 26.3 Å². The molecule has 0 atom stereocenters. The molecule has 0 unspecified atom stereocenters. The molecule has 3 aliphatic heterocycles. The summed E-state index contributed by atoms with van der Waals surface area (Å²) in [6, 6.07) is 14.8. The molecule has 3 fully saturated rings. The molecule has 696 valence electrons. The quantitative estimate of drug-likeness (QED) is 0.0371. The van der Waals surface area contributed by atoms with Crippen LogP contribution in [0.2, 0.25) is 30.1 Å². The minimum absolute atomic E-state index is 0.152. The van der Waals surface area contributed by atoms with Crippen molar-refractivity contribution < 1.29 is 69.2 Å². The molecule has 3 saturated heterocycles. The molecular weight excluding hydrogens is 1900 g/mol. The van der Waals surface area contributed by atoms with Gasteiger partial charge >= 0.3 is 0 Å². The summed E-state index contributed by atoms with van der Waals surface area (Å²) in [6.45, 7) is 29.6. The molecule has 27 nitrogen and oxygen atoms in total. The second-order valence-corrected chi connectivity index (χ2v) is 34.4. The highest BCUT2D eigenvalue weighted by molar-refractivity contribution is 6.36. The number of piperazine rings is 3. The van der Waals surface area contributed by atoms with Gasteiger partial charge in [0.05, 0.1) is 100 Å². The smallest absolute Gasteiger partial charge is 0.276 e. The second-order valence-electron chi connectivity index (χ2n) is 32.0. The van der Waals surface area contributed by atoms with Crippen molar-refractivity contribution in [1.82, 2.24) is 58.3 Å². The lowest BCUT2D eigenvalue weighted by atomic mass is 10.0. The van der Waals surface area contributed by atoms with Gasteiger partial charge in [0.25, 0.3) is 16.7 Å². The fraction of sp³-hybridized carbons (Fsp3) is 0.258. The average molecular weight is 1970 g/mol. The van der Waals surface area contributed by atoms with E-state index in [0.717, 1.165) is 13.7 Å². The van der Waals surface area contributed by atoms with E-state index in [0.29, 0.717) is 50.8 Å². The highest BCUT2D eigenvalue weighted by Crippen LogP contribution is 2.49. The zero-order chi connectivity index (χ0) is 98.7. The number of benzene rings is 3. The van der Waals surface area contributed by atoms with Crippen LogP contribution in [-0.2, 0) is 14.4 Å². The Morgan fingerprint density at radius 2 is 0.600 bits per heavy atom. The Balaban J connectivity index is 0.000000171. The molecule has 42 heteroatoms. The number of nitrogens with zero attached hydrogens (tertiary/aromatic N) is 18. The van der Waals surface area contributed by atoms with Crippen LogP contribution >= 0.6 is 69.6 Å². The summed E-state index contributed by atoms with van der Waals surface area (Å²) in [7, 11) is 0. The third kappa shape index (κ3) is 17.5. The van der Waals surface area contributed by atoms with Gasteiger partial charge < -0.3 is 44.7 Å². The molecule has 0 aliphatic carbocycles. The van der Waals surface area contributed by atoms with Gasteiger partial charge in [-0.3, -0.25) is 57.4 Å². The minimum atomic E-state index is -1.75. The number of anilines is 3. The summed E-state index contributed by atoms with van der Waals surface area (Å²) in [4.78, 5) is 116. The first-order valence-electron chi connectivity index (χ1n) is 41.1. The number of amides is 3. The highest BCUT2D eigenvalue weighted by Gasteiger charge is 2.39. The zero-order valence-corrected chi connectivity index (χ0v) is 77.3. The van der Waals surface area contributed by atoms with Crippen LogP contribution in [0.3, 0.4) is 0 Å². The van der Waals surface area contributed by atoms with Gasteiger partial charge in [0.1, 0.15) is 66.9 Å². The van der Waals surface area contributed by atoms with Crippen LogP contribution < -0.4 is 31.4 Å². The molecule has 9 aromatic heterocycles. The number of hydrogen-bond donors (Lipinski definition) is 3. The lowest BCUT2D eigenvalue weighted by Crippen LogP contribution is -2.49. The van der Waals surface area contributed by atoms with E-state index in [1.807, 2.05) is 59.8 Å².